The van der Waals surface area contributed by atoms with E-state index in [0.717, 1.165) is 0 Å². The lowest BCUT2D eigenvalue weighted by Gasteiger charge is -2.39. The molecule has 5 nitrogen and oxygen atoms in total. The quantitative estimate of drug-likeness (QED) is 0.891. The topological polar surface area (TPSA) is 52.7 Å². The number of hydrogen-bond donors (Lipinski definition) is 1. The van der Waals surface area contributed by atoms with Crippen LogP contribution < -0.4 is 5.32 Å². The number of amides is 2. The predicted octanol–water partition coefficient (Wildman–Crippen LogP) is 3.00. The summed E-state index contributed by atoms with van der Waals surface area (Å²) in [6.07, 6.45) is 0. The fourth-order valence-corrected chi connectivity index (χ4v) is 2.96. The lowest BCUT2D eigenvalue weighted by Crippen LogP contribution is -2.55. The lowest BCUT2D eigenvalue weighted by molar-refractivity contribution is -0.141. The molecule has 2 amide bonds. The predicted molar refractivity (Wildman–Crippen MR) is 97.1 cm³/mol. The third kappa shape index (κ3) is 4.92. The van der Waals surface area contributed by atoms with Gasteiger partial charge >= 0.3 is 0 Å². The molecule has 1 aliphatic rings. The first kappa shape index (κ1) is 19.7. The highest BCUT2D eigenvalue weighted by Gasteiger charge is 2.32. The minimum absolute atomic E-state index is 0.0749. The molecule has 7 heteroatoms. The van der Waals surface area contributed by atoms with Crippen molar-refractivity contribution in [3.63, 3.8) is 0 Å². The van der Waals surface area contributed by atoms with E-state index in [0.29, 0.717) is 31.2 Å². The van der Waals surface area contributed by atoms with Crippen LogP contribution in [-0.4, -0.2) is 53.8 Å². The monoisotopic (exact) mass is 369 g/mol. The number of benzene rings is 1. The first-order valence-electron chi connectivity index (χ1n) is 8.39. The van der Waals surface area contributed by atoms with Gasteiger partial charge in [-0.25, -0.2) is 4.39 Å². The molecule has 0 spiro atoms. The summed E-state index contributed by atoms with van der Waals surface area (Å²) >= 11 is 5.85. The Kier molecular flexibility index (Phi) is 6.06. The van der Waals surface area contributed by atoms with Gasteiger partial charge in [0.15, 0.2) is 0 Å². The number of nitrogens with one attached hydrogen (secondary N) is 1. The van der Waals surface area contributed by atoms with Crippen LogP contribution in [0.1, 0.15) is 27.7 Å². The molecule has 1 aliphatic heterocycles. The summed E-state index contributed by atoms with van der Waals surface area (Å²) < 4.78 is 13.8. The molecule has 1 fully saturated rings. The largest absolute Gasteiger partial charge is 0.340 e. The second-order valence-electron chi connectivity index (χ2n) is 7.37. The molecule has 1 aromatic carbocycles. The van der Waals surface area contributed by atoms with Gasteiger partial charge in [-0.1, -0.05) is 32.4 Å². The van der Waals surface area contributed by atoms with Crippen molar-refractivity contribution in [1.29, 1.82) is 0 Å². The maximum Gasteiger partial charge on any atom is 0.241 e. The van der Waals surface area contributed by atoms with Gasteiger partial charge in [0, 0.05) is 36.6 Å². The van der Waals surface area contributed by atoms with E-state index in [9.17, 15) is 14.0 Å². The first-order valence-corrected chi connectivity index (χ1v) is 8.76. The van der Waals surface area contributed by atoms with Gasteiger partial charge in [0.05, 0.1) is 11.7 Å². The number of hydrogen-bond acceptors (Lipinski definition) is 3. The van der Waals surface area contributed by atoms with Crippen LogP contribution in [0.2, 0.25) is 5.02 Å². The summed E-state index contributed by atoms with van der Waals surface area (Å²) in [5, 5.41) is 2.95. The van der Waals surface area contributed by atoms with Crippen LogP contribution in [0.25, 0.3) is 0 Å². The van der Waals surface area contributed by atoms with Gasteiger partial charge in [-0.05, 0) is 25.1 Å². The molecule has 25 heavy (non-hydrogen) atoms. The number of halogens is 2. The normalized spacial score (nSPS) is 17.3. The maximum atomic E-state index is 13.8. The summed E-state index contributed by atoms with van der Waals surface area (Å²) in [6.45, 7) is 9.85. The van der Waals surface area contributed by atoms with E-state index in [1.54, 1.807) is 6.92 Å². The molecular formula is C18H25ClFN3O2. The summed E-state index contributed by atoms with van der Waals surface area (Å²) in [7, 11) is 0. The van der Waals surface area contributed by atoms with Gasteiger partial charge < -0.3 is 10.2 Å². The average Bonchev–Trinajstić information content (AvgIpc) is 2.56. The second-order valence-corrected chi connectivity index (χ2v) is 7.80. The molecule has 138 valence electrons. The number of carbonyl (C=O) groups excluding carboxylic acids is 2. The smallest absolute Gasteiger partial charge is 0.241 e. The standard InChI is InChI=1S/C18H25ClFN3O2/c1-12(16(24)21-15-11-13(19)5-6-14(15)20)22-7-9-23(10-8-22)17(25)18(2,3)4/h5-6,11-12H,7-10H2,1-4H3,(H,21,24). The zero-order valence-corrected chi connectivity index (χ0v) is 15.9. The van der Waals surface area contributed by atoms with E-state index in [2.05, 4.69) is 5.32 Å². The Morgan fingerprint density at radius 3 is 2.36 bits per heavy atom. The number of anilines is 1. The number of piperazine rings is 1. The van der Waals surface area contributed by atoms with Gasteiger partial charge in [0.25, 0.3) is 0 Å². The Hall–Kier alpha value is -1.66. The molecule has 1 atom stereocenters. The summed E-state index contributed by atoms with van der Waals surface area (Å²) in [5.74, 6) is -0.701. The highest BCUT2D eigenvalue weighted by atomic mass is 35.5. The molecule has 0 aromatic heterocycles. The van der Waals surface area contributed by atoms with Crippen LogP contribution in [0.5, 0.6) is 0 Å². The summed E-state index contributed by atoms with van der Waals surface area (Å²) in [5.41, 5.74) is -0.333. The van der Waals surface area contributed by atoms with Crippen LogP contribution >= 0.6 is 11.6 Å². The minimum Gasteiger partial charge on any atom is -0.340 e. The molecule has 1 unspecified atom stereocenters. The Bertz CT molecular complexity index is 652. The van der Waals surface area contributed by atoms with E-state index in [-0.39, 0.29) is 17.5 Å². The SMILES string of the molecule is CC(C(=O)Nc1cc(Cl)ccc1F)N1CCN(C(=O)C(C)(C)C)CC1. The van der Waals surface area contributed by atoms with Crippen LogP contribution in [0.4, 0.5) is 10.1 Å². The van der Waals surface area contributed by atoms with Crippen molar-refractivity contribution in [2.24, 2.45) is 5.41 Å². The average molecular weight is 370 g/mol. The van der Waals surface area contributed by atoms with Crippen molar-refractivity contribution in [2.75, 3.05) is 31.5 Å². The molecule has 0 bridgehead atoms. The molecule has 1 saturated heterocycles. The van der Waals surface area contributed by atoms with E-state index >= 15 is 0 Å². The molecule has 1 N–H and O–H groups in total. The zero-order valence-electron chi connectivity index (χ0n) is 15.1. The lowest BCUT2D eigenvalue weighted by atomic mass is 9.94. The highest BCUT2D eigenvalue weighted by molar-refractivity contribution is 6.30. The number of nitrogens with zero attached hydrogens (tertiary/aromatic N) is 2. The molecule has 2 rings (SSSR count). The fourth-order valence-electron chi connectivity index (χ4n) is 2.78. The summed E-state index contributed by atoms with van der Waals surface area (Å²) in [4.78, 5) is 28.5. The van der Waals surface area contributed by atoms with Crippen LogP contribution in [0.3, 0.4) is 0 Å². The van der Waals surface area contributed by atoms with Crippen LogP contribution in [0, 0.1) is 11.2 Å². The van der Waals surface area contributed by atoms with Gasteiger partial charge in [0.1, 0.15) is 5.82 Å². The van der Waals surface area contributed by atoms with E-state index in [1.165, 1.54) is 18.2 Å². The molecule has 1 aromatic rings. The van der Waals surface area contributed by atoms with E-state index in [1.807, 2.05) is 30.6 Å². The van der Waals surface area contributed by atoms with Gasteiger partial charge in [-0.2, -0.15) is 0 Å². The van der Waals surface area contributed by atoms with Crippen molar-refractivity contribution in [2.45, 2.75) is 33.7 Å². The number of carbonyl (C=O) groups is 2. The van der Waals surface area contributed by atoms with E-state index < -0.39 is 17.3 Å². The van der Waals surface area contributed by atoms with Crippen LogP contribution in [-0.2, 0) is 9.59 Å². The molecule has 0 saturated carbocycles. The first-order chi connectivity index (χ1) is 11.6. The zero-order chi connectivity index (χ0) is 18.8. The minimum atomic E-state index is -0.523. The third-order valence-electron chi connectivity index (χ3n) is 4.36. The number of rotatable bonds is 3. The second kappa shape index (κ2) is 7.70. The maximum absolute atomic E-state index is 13.8. The summed E-state index contributed by atoms with van der Waals surface area (Å²) in [6, 6.07) is 3.62. The Morgan fingerprint density at radius 2 is 1.80 bits per heavy atom. The highest BCUT2D eigenvalue weighted by Crippen LogP contribution is 2.21. The molecule has 1 heterocycles. The Labute approximate surface area is 153 Å². The van der Waals surface area contributed by atoms with Crippen LogP contribution in [0.15, 0.2) is 18.2 Å². The van der Waals surface area contributed by atoms with E-state index in [4.69, 9.17) is 11.6 Å². The molecule has 0 radical (unpaired) electrons. The van der Waals surface area contributed by atoms with Crippen molar-refractivity contribution in [3.05, 3.63) is 29.0 Å². The van der Waals surface area contributed by atoms with Crippen molar-refractivity contribution in [3.8, 4) is 0 Å². The van der Waals surface area contributed by atoms with Crippen molar-refractivity contribution in [1.82, 2.24) is 9.80 Å². The third-order valence-corrected chi connectivity index (χ3v) is 4.59. The van der Waals surface area contributed by atoms with Gasteiger partial charge in [-0.15, -0.1) is 0 Å². The van der Waals surface area contributed by atoms with Crippen molar-refractivity contribution >= 4 is 29.1 Å². The Morgan fingerprint density at radius 1 is 1.20 bits per heavy atom. The Balaban J connectivity index is 1.93. The van der Waals surface area contributed by atoms with Gasteiger partial charge in [-0.3, -0.25) is 14.5 Å². The molecule has 0 aliphatic carbocycles. The molecular weight excluding hydrogens is 345 g/mol. The van der Waals surface area contributed by atoms with Gasteiger partial charge in [0.2, 0.25) is 11.8 Å². The fraction of sp³-hybridized carbons (Fsp3) is 0.556. The van der Waals surface area contributed by atoms with Crippen molar-refractivity contribution < 1.29 is 14.0 Å².